The van der Waals surface area contributed by atoms with E-state index in [-0.39, 0.29) is 24.2 Å². The molecule has 2 aromatic rings. The van der Waals surface area contributed by atoms with E-state index in [2.05, 4.69) is 10.2 Å². The lowest BCUT2D eigenvalue weighted by Gasteiger charge is -2.24. The van der Waals surface area contributed by atoms with Crippen molar-refractivity contribution in [2.75, 3.05) is 27.5 Å². The third-order valence-corrected chi connectivity index (χ3v) is 6.45. The zero-order valence-corrected chi connectivity index (χ0v) is 23.3. The lowest BCUT2D eigenvalue weighted by atomic mass is 9.93. The fourth-order valence-corrected chi connectivity index (χ4v) is 4.47. The van der Waals surface area contributed by atoms with Crippen molar-refractivity contribution in [1.82, 2.24) is 15.1 Å². The minimum Gasteiger partial charge on any atom is -0.467 e. The smallest absolute Gasteiger partial charge is 0.416 e. The summed E-state index contributed by atoms with van der Waals surface area (Å²) in [7, 11) is 3.03. The van der Waals surface area contributed by atoms with Gasteiger partial charge in [0.2, 0.25) is 0 Å². The summed E-state index contributed by atoms with van der Waals surface area (Å²) in [4.78, 5) is 27.0. The second-order valence-electron chi connectivity index (χ2n) is 10.8. The molecular weight excluding hydrogens is 515 g/mol. The molecule has 1 aromatic heterocycles. The second kappa shape index (κ2) is 12.3. The zero-order chi connectivity index (χ0) is 29.0. The van der Waals surface area contributed by atoms with Crippen molar-refractivity contribution in [1.29, 1.82) is 0 Å². The monoisotopic (exact) mass is 551 g/mol. The molecule has 0 bridgehead atoms. The first-order chi connectivity index (χ1) is 18.2. The molecule has 0 saturated heterocycles. The Labute approximate surface area is 226 Å². The van der Waals surface area contributed by atoms with Crippen molar-refractivity contribution in [3.63, 3.8) is 0 Å². The largest absolute Gasteiger partial charge is 0.467 e. The van der Waals surface area contributed by atoms with Crippen LogP contribution in [0.1, 0.15) is 74.1 Å². The molecule has 1 aliphatic carbocycles. The standard InChI is InChI=1S/C28H36F3N3O5/c1-17(9-8-14-34(5)26(36)39-27(2,3)4)25(35)24-20-11-7-10-19(20)23(32-33-24)21-13-12-18(28(29,30)31)15-22(21)38-16-37-6/h12-13,15,17H,7-11,14,16H2,1-6H3/t17-/m0/s1. The Bertz CT molecular complexity index is 1190. The van der Waals surface area contributed by atoms with Crippen molar-refractivity contribution in [2.24, 2.45) is 5.92 Å². The van der Waals surface area contributed by atoms with Gasteiger partial charge in [-0.3, -0.25) is 4.79 Å². The Morgan fingerprint density at radius 2 is 1.79 bits per heavy atom. The van der Waals surface area contributed by atoms with Crippen LogP contribution in [-0.4, -0.2) is 60.1 Å². The molecule has 1 atom stereocenters. The van der Waals surface area contributed by atoms with Gasteiger partial charge >= 0.3 is 12.3 Å². The number of ketones is 1. The summed E-state index contributed by atoms with van der Waals surface area (Å²) in [6.45, 7) is 7.42. The molecule has 1 heterocycles. The van der Waals surface area contributed by atoms with Gasteiger partial charge in [0.05, 0.1) is 5.56 Å². The van der Waals surface area contributed by atoms with Crippen LogP contribution in [0.15, 0.2) is 18.2 Å². The number of halogens is 3. The van der Waals surface area contributed by atoms with Gasteiger partial charge in [-0.15, -0.1) is 10.2 Å². The van der Waals surface area contributed by atoms with Crippen LogP contribution in [0.4, 0.5) is 18.0 Å². The number of ether oxygens (including phenoxy) is 3. The van der Waals surface area contributed by atoms with E-state index in [0.717, 1.165) is 29.7 Å². The van der Waals surface area contributed by atoms with Gasteiger partial charge in [0.25, 0.3) is 0 Å². The summed E-state index contributed by atoms with van der Waals surface area (Å²) in [5.74, 6) is -0.513. The fraction of sp³-hybridized carbons (Fsp3) is 0.571. The summed E-state index contributed by atoms with van der Waals surface area (Å²) in [6.07, 6.45) is -1.79. The van der Waals surface area contributed by atoms with Crippen LogP contribution in [-0.2, 0) is 28.5 Å². The average molecular weight is 552 g/mol. The van der Waals surface area contributed by atoms with Gasteiger partial charge in [0.15, 0.2) is 12.6 Å². The number of carbonyl (C=O) groups excluding carboxylic acids is 2. The van der Waals surface area contributed by atoms with Crippen LogP contribution in [0.5, 0.6) is 5.75 Å². The van der Waals surface area contributed by atoms with Gasteiger partial charge in [-0.2, -0.15) is 13.2 Å². The highest BCUT2D eigenvalue weighted by molar-refractivity contribution is 5.98. The van der Waals surface area contributed by atoms with Gasteiger partial charge in [-0.1, -0.05) is 6.92 Å². The zero-order valence-electron chi connectivity index (χ0n) is 23.3. The number of hydrogen-bond donors (Lipinski definition) is 0. The van der Waals surface area contributed by atoms with Gasteiger partial charge in [-0.25, -0.2) is 4.79 Å². The van der Waals surface area contributed by atoms with Gasteiger partial charge < -0.3 is 19.1 Å². The number of methoxy groups -OCH3 is 1. The highest BCUT2D eigenvalue weighted by atomic mass is 19.4. The Morgan fingerprint density at radius 3 is 2.44 bits per heavy atom. The summed E-state index contributed by atoms with van der Waals surface area (Å²) in [5.41, 5.74) is 1.21. The number of benzene rings is 1. The highest BCUT2D eigenvalue weighted by Crippen LogP contribution is 2.40. The first-order valence-corrected chi connectivity index (χ1v) is 12.9. The number of fused-ring (bicyclic) bond motifs is 1. The number of rotatable bonds is 10. The van der Waals surface area contributed by atoms with Crippen LogP contribution in [0.25, 0.3) is 11.3 Å². The Morgan fingerprint density at radius 1 is 1.10 bits per heavy atom. The predicted octanol–water partition coefficient (Wildman–Crippen LogP) is 6.10. The number of aromatic nitrogens is 2. The summed E-state index contributed by atoms with van der Waals surface area (Å²) in [5, 5.41) is 8.57. The molecule has 214 valence electrons. The minimum absolute atomic E-state index is 0.0170. The van der Waals surface area contributed by atoms with Crippen LogP contribution < -0.4 is 4.74 Å². The maximum absolute atomic E-state index is 13.3. The van der Waals surface area contributed by atoms with E-state index in [1.165, 1.54) is 18.1 Å². The van der Waals surface area contributed by atoms with E-state index in [9.17, 15) is 22.8 Å². The molecule has 1 aromatic carbocycles. The third-order valence-electron chi connectivity index (χ3n) is 6.45. The Kier molecular flexibility index (Phi) is 9.58. The number of hydrogen-bond acceptors (Lipinski definition) is 7. The van der Waals surface area contributed by atoms with E-state index in [1.54, 1.807) is 27.8 Å². The number of nitrogens with zero attached hydrogens (tertiary/aromatic N) is 3. The summed E-state index contributed by atoms with van der Waals surface area (Å²) in [6, 6.07) is 3.22. The Hall–Kier alpha value is -3.21. The molecule has 3 rings (SSSR count). The number of alkyl halides is 3. The average Bonchev–Trinajstić information content (AvgIpc) is 3.35. The topological polar surface area (TPSA) is 90.9 Å². The van der Waals surface area contributed by atoms with Crippen LogP contribution in [0.3, 0.4) is 0 Å². The number of Topliss-reactive ketones (excluding diaryl/α,β-unsaturated/α-hetero) is 1. The molecule has 1 aliphatic rings. The first-order valence-electron chi connectivity index (χ1n) is 12.9. The van der Waals surface area contributed by atoms with Crippen molar-refractivity contribution < 1.29 is 37.0 Å². The molecule has 39 heavy (non-hydrogen) atoms. The van der Waals surface area contributed by atoms with E-state index < -0.39 is 23.4 Å². The van der Waals surface area contributed by atoms with E-state index in [1.807, 2.05) is 6.92 Å². The molecule has 0 aliphatic heterocycles. The normalized spacial score (nSPS) is 14.1. The predicted molar refractivity (Wildman–Crippen MR) is 139 cm³/mol. The summed E-state index contributed by atoms with van der Waals surface area (Å²) >= 11 is 0. The molecule has 11 heteroatoms. The number of carbonyl (C=O) groups is 2. The van der Waals surface area contributed by atoms with Crippen LogP contribution >= 0.6 is 0 Å². The fourth-order valence-electron chi connectivity index (χ4n) is 4.47. The molecule has 0 spiro atoms. The molecule has 0 radical (unpaired) electrons. The summed E-state index contributed by atoms with van der Waals surface area (Å²) < 4.78 is 55.7. The van der Waals surface area contributed by atoms with Crippen molar-refractivity contribution in [3.05, 3.63) is 40.6 Å². The maximum atomic E-state index is 13.3. The molecular formula is C28H36F3N3O5. The lowest BCUT2D eigenvalue weighted by Crippen LogP contribution is -2.35. The SMILES string of the molecule is COCOc1cc(C(F)(F)F)ccc1-c1nnc(C(=O)[C@@H](C)CCCN(C)C(=O)OC(C)(C)C)c2c1CCC2. The van der Waals surface area contributed by atoms with E-state index in [0.29, 0.717) is 49.2 Å². The van der Waals surface area contributed by atoms with Crippen molar-refractivity contribution >= 4 is 11.9 Å². The molecule has 8 nitrogen and oxygen atoms in total. The van der Waals surface area contributed by atoms with Gasteiger partial charge in [0.1, 0.15) is 22.7 Å². The molecule has 0 unspecified atom stereocenters. The molecule has 0 fully saturated rings. The van der Waals surface area contributed by atoms with Crippen molar-refractivity contribution in [3.8, 4) is 17.0 Å². The van der Waals surface area contributed by atoms with Crippen LogP contribution in [0, 0.1) is 5.92 Å². The molecule has 0 N–H and O–H groups in total. The first kappa shape index (κ1) is 30.3. The third kappa shape index (κ3) is 7.68. The quantitative estimate of drug-likeness (QED) is 0.260. The van der Waals surface area contributed by atoms with E-state index in [4.69, 9.17) is 14.2 Å². The number of amides is 1. The highest BCUT2D eigenvalue weighted by Gasteiger charge is 2.33. The second-order valence-corrected chi connectivity index (χ2v) is 10.8. The van der Waals surface area contributed by atoms with Gasteiger partial charge in [0, 0.05) is 32.2 Å². The minimum atomic E-state index is -4.54. The maximum Gasteiger partial charge on any atom is 0.416 e. The molecule has 1 amide bonds. The van der Waals surface area contributed by atoms with Crippen LogP contribution in [0.2, 0.25) is 0 Å². The lowest BCUT2D eigenvalue weighted by molar-refractivity contribution is -0.137. The van der Waals surface area contributed by atoms with Gasteiger partial charge in [-0.05, 0) is 82.2 Å². The molecule has 0 saturated carbocycles. The van der Waals surface area contributed by atoms with Crippen molar-refractivity contribution in [2.45, 2.75) is 71.6 Å². The van der Waals surface area contributed by atoms with E-state index >= 15 is 0 Å². The Balaban J connectivity index is 1.79.